The van der Waals surface area contributed by atoms with Crippen molar-refractivity contribution in [2.45, 2.75) is 24.8 Å². The van der Waals surface area contributed by atoms with Gasteiger partial charge in [0, 0.05) is 17.2 Å². The fraction of sp³-hybridized carbons (Fsp3) is 0.538. The third kappa shape index (κ3) is 5.89. The van der Waals surface area contributed by atoms with Crippen LogP contribution in [0.1, 0.15) is 18.9 Å². The summed E-state index contributed by atoms with van der Waals surface area (Å²) in [5.74, 6) is 1.40. The van der Waals surface area contributed by atoms with Crippen molar-refractivity contribution in [2.75, 3.05) is 24.3 Å². The summed E-state index contributed by atoms with van der Waals surface area (Å²) in [6.07, 6.45) is 0.721. The van der Waals surface area contributed by atoms with Crippen molar-refractivity contribution in [3.8, 4) is 0 Å². The van der Waals surface area contributed by atoms with Gasteiger partial charge in [-0.15, -0.1) is 11.8 Å². The molecule has 3 nitrogen and oxygen atoms in total. The van der Waals surface area contributed by atoms with E-state index in [1.807, 2.05) is 7.05 Å². The summed E-state index contributed by atoms with van der Waals surface area (Å²) in [6, 6.07) is 8.38. The zero-order chi connectivity index (χ0) is 13.4. The number of thioether (sulfide) groups is 1. The van der Waals surface area contributed by atoms with Gasteiger partial charge < -0.3 is 5.32 Å². The van der Waals surface area contributed by atoms with Gasteiger partial charge in [0.2, 0.25) is 0 Å². The molecular weight excluding hydrogens is 266 g/mol. The van der Waals surface area contributed by atoms with Crippen LogP contribution >= 0.6 is 11.8 Å². The molecule has 0 bridgehead atoms. The summed E-state index contributed by atoms with van der Waals surface area (Å²) in [5, 5.41) is 3.11. The molecule has 0 aliphatic rings. The second kappa shape index (κ2) is 7.81. The summed E-state index contributed by atoms with van der Waals surface area (Å²) < 4.78 is 22.6. The van der Waals surface area contributed by atoms with Crippen molar-refractivity contribution in [1.29, 1.82) is 0 Å². The van der Waals surface area contributed by atoms with Crippen LogP contribution in [0.4, 0.5) is 0 Å². The summed E-state index contributed by atoms with van der Waals surface area (Å²) in [4.78, 5) is 1.20. The van der Waals surface area contributed by atoms with Crippen molar-refractivity contribution < 1.29 is 8.42 Å². The number of hydrogen-bond acceptors (Lipinski definition) is 4. The van der Waals surface area contributed by atoms with Crippen LogP contribution in [-0.2, 0) is 16.4 Å². The smallest absolute Gasteiger partial charge is 0.150 e. The Balaban J connectivity index is 2.31. The third-order valence-electron chi connectivity index (χ3n) is 2.61. The maximum Gasteiger partial charge on any atom is 0.150 e. The summed E-state index contributed by atoms with van der Waals surface area (Å²) in [5.41, 5.74) is 1.26. The largest absolute Gasteiger partial charge is 0.316 e. The van der Waals surface area contributed by atoms with Crippen LogP contribution in [0.3, 0.4) is 0 Å². The molecule has 0 aliphatic heterocycles. The lowest BCUT2D eigenvalue weighted by Crippen LogP contribution is -2.09. The quantitative estimate of drug-likeness (QED) is 0.589. The van der Waals surface area contributed by atoms with Crippen LogP contribution in [0.25, 0.3) is 0 Å². The van der Waals surface area contributed by atoms with E-state index in [4.69, 9.17) is 0 Å². The first-order valence-corrected chi connectivity index (χ1v) is 8.95. The van der Waals surface area contributed by atoms with Crippen molar-refractivity contribution in [1.82, 2.24) is 5.32 Å². The number of benzene rings is 1. The van der Waals surface area contributed by atoms with Crippen molar-refractivity contribution >= 4 is 21.6 Å². The maximum atomic E-state index is 11.3. The molecule has 0 aliphatic carbocycles. The number of rotatable bonds is 8. The molecule has 0 aromatic heterocycles. The third-order valence-corrected chi connectivity index (χ3v) is 5.50. The normalized spacial score (nSPS) is 11.7. The predicted octanol–water partition coefficient (Wildman–Crippen LogP) is 2.32. The molecule has 0 heterocycles. The van der Waals surface area contributed by atoms with Gasteiger partial charge in [0.25, 0.3) is 0 Å². The Bertz CT molecular complexity index is 441. The first-order chi connectivity index (χ1) is 8.57. The van der Waals surface area contributed by atoms with Gasteiger partial charge in [0.15, 0.2) is 0 Å². The van der Waals surface area contributed by atoms with Crippen LogP contribution in [0.2, 0.25) is 0 Å². The van der Waals surface area contributed by atoms with E-state index in [9.17, 15) is 8.42 Å². The van der Waals surface area contributed by atoms with E-state index < -0.39 is 9.84 Å². The zero-order valence-corrected chi connectivity index (χ0v) is 12.6. The molecule has 0 radical (unpaired) electrons. The topological polar surface area (TPSA) is 46.2 Å². The van der Waals surface area contributed by atoms with Gasteiger partial charge in [-0.3, -0.25) is 0 Å². The van der Waals surface area contributed by atoms with E-state index in [0.29, 0.717) is 5.75 Å². The standard InChI is InChI=1S/C13H21NO2S2/c1-3-18(15,16)10-4-9-17-13-7-5-12(6-8-13)11-14-2/h5-8,14H,3-4,9-11H2,1-2H3. The lowest BCUT2D eigenvalue weighted by atomic mass is 10.2. The highest BCUT2D eigenvalue weighted by Gasteiger charge is 2.06. The Morgan fingerprint density at radius 3 is 2.44 bits per heavy atom. The Labute approximate surface area is 114 Å². The Hall–Kier alpha value is -0.520. The average molecular weight is 287 g/mol. The molecular formula is C13H21NO2S2. The van der Waals surface area contributed by atoms with Gasteiger partial charge in [0.05, 0.1) is 5.75 Å². The minimum atomic E-state index is -2.81. The number of hydrogen-bond donors (Lipinski definition) is 1. The van der Waals surface area contributed by atoms with E-state index >= 15 is 0 Å². The highest BCUT2D eigenvalue weighted by atomic mass is 32.2. The molecule has 1 aromatic carbocycles. The highest BCUT2D eigenvalue weighted by molar-refractivity contribution is 7.99. The van der Waals surface area contributed by atoms with Crippen LogP contribution < -0.4 is 5.32 Å². The van der Waals surface area contributed by atoms with Gasteiger partial charge in [-0.2, -0.15) is 0 Å². The molecule has 0 saturated carbocycles. The molecule has 0 spiro atoms. The first-order valence-electron chi connectivity index (χ1n) is 6.14. The van der Waals surface area contributed by atoms with Crippen molar-refractivity contribution in [3.63, 3.8) is 0 Å². The van der Waals surface area contributed by atoms with Crippen LogP contribution in [0.5, 0.6) is 0 Å². The first kappa shape index (κ1) is 15.5. The summed E-state index contributed by atoms with van der Waals surface area (Å²) in [6.45, 7) is 2.57. The minimum Gasteiger partial charge on any atom is -0.316 e. The number of nitrogens with one attached hydrogen (secondary N) is 1. The molecule has 1 N–H and O–H groups in total. The predicted molar refractivity (Wildman–Crippen MR) is 78.9 cm³/mol. The Kier molecular flexibility index (Phi) is 6.75. The molecule has 0 atom stereocenters. The van der Waals surface area contributed by atoms with Crippen molar-refractivity contribution in [3.05, 3.63) is 29.8 Å². The molecule has 102 valence electrons. The van der Waals surface area contributed by atoms with E-state index in [1.165, 1.54) is 10.5 Å². The fourth-order valence-corrected chi connectivity index (χ4v) is 3.43. The summed E-state index contributed by atoms with van der Waals surface area (Å²) >= 11 is 1.71. The van der Waals surface area contributed by atoms with Crippen LogP contribution in [0, 0.1) is 0 Å². The zero-order valence-electron chi connectivity index (χ0n) is 11.0. The maximum absolute atomic E-state index is 11.3. The molecule has 1 rings (SSSR count). The van der Waals surface area contributed by atoms with Crippen LogP contribution in [-0.4, -0.2) is 32.7 Å². The number of sulfone groups is 1. The van der Waals surface area contributed by atoms with Crippen LogP contribution in [0.15, 0.2) is 29.2 Å². The van der Waals surface area contributed by atoms with Gasteiger partial charge >= 0.3 is 0 Å². The lowest BCUT2D eigenvalue weighted by molar-refractivity contribution is 0.596. The average Bonchev–Trinajstić information content (AvgIpc) is 2.37. The summed E-state index contributed by atoms with van der Waals surface area (Å²) in [7, 11) is -0.882. The van der Waals surface area contributed by atoms with E-state index in [2.05, 4.69) is 29.6 Å². The molecule has 0 amide bonds. The molecule has 0 fully saturated rings. The van der Waals surface area contributed by atoms with Gasteiger partial charge in [-0.25, -0.2) is 8.42 Å². The second-order valence-corrected chi connectivity index (χ2v) is 7.75. The van der Waals surface area contributed by atoms with Crippen molar-refractivity contribution in [2.24, 2.45) is 0 Å². The molecule has 0 saturated heterocycles. The fourth-order valence-electron chi connectivity index (χ4n) is 1.52. The SMILES string of the molecule is CCS(=O)(=O)CCCSc1ccc(CNC)cc1. The van der Waals surface area contributed by atoms with E-state index in [1.54, 1.807) is 18.7 Å². The van der Waals surface area contributed by atoms with E-state index in [-0.39, 0.29) is 5.75 Å². The monoisotopic (exact) mass is 287 g/mol. The second-order valence-electron chi connectivity index (χ2n) is 4.11. The van der Waals surface area contributed by atoms with Gasteiger partial charge in [-0.05, 0) is 36.9 Å². The van der Waals surface area contributed by atoms with E-state index in [0.717, 1.165) is 18.7 Å². The molecule has 0 unspecified atom stereocenters. The Morgan fingerprint density at radius 2 is 1.89 bits per heavy atom. The van der Waals surface area contributed by atoms with Gasteiger partial charge in [0.1, 0.15) is 9.84 Å². The van der Waals surface area contributed by atoms with Gasteiger partial charge in [-0.1, -0.05) is 19.1 Å². The minimum absolute atomic E-state index is 0.246. The molecule has 5 heteroatoms. The lowest BCUT2D eigenvalue weighted by Gasteiger charge is -2.04. The molecule has 18 heavy (non-hydrogen) atoms. The highest BCUT2D eigenvalue weighted by Crippen LogP contribution is 2.19. The Morgan fingerprint density at radius 1 is 1.22 bits per heavy atom. The molecule has 1 aromatic rings.